The minimum absolute atomic E-state index is 0.0411. The Labute approximate surface area is 189 Å². The maximum absolute atomic E-state index is 12.9. The molecule has 1 aliphatic rings. The van der Waals surface area contributed by atoms with E-state index in [1.165, 1.54) is 4.57 Å². The van der Waals surface area contributed by atoms with E-state index in [2.05, 4.69) is 25.2 Å². The molecular formula is C23H23N7O3. The molecule has 4 aromatic rings. The van der Waals surface area contributed by atoms with Gasteiger partial charge in [-0.25, -0.2) is 19.7 Å². The summed E-state index contributed by atoms with van der Waals surface area (Å²) in [6.45, 7) is 4.14. The van der Waals surface area contributed by atoms with Gasteiger partial charge >= 0.3 is 5.76 Å². The molecule has 33 heavy (non-hydrogen) atoms. The molecule has 0 atom stereocenters. The highest BCUT2D eigenvalue weighted by Crippen LogP contribution is 2.20. The highest BCUT2D eigenvalue weighted by molar-refractivity contribution is 5.80. The number of anilines is 3. The molecule has 1 aliphatic heterocycles. The summed E-state index contributed by atoms with van der Waals surface area (Å²) in [5.74, 6) is 2.19. The van der Waals surface area contributed by atoms with E-state index >= 15 is 0 Å². The van der Waals surface area contributed by atoms with Gasteiger partial charge < -0.3 is 19.5 Å². The predicted octanol–water partition coefficient (Wildman–Crippen LogP) is 2.18. The molecule has 10 heteroatoms. The van der Waals surface area contributed by atoms with Crippen LogP contribution in [0.25, 0.3) is 11.1 Å². The molecule has 168 valence electrons. The Hall–Kier alpha value is -4.21. The van der Waals surface area contributed by atoms with Gasteiger partial charge in [0.15, 0.2) is 5.58 Å². The number of piperazine rings is 1. The lowest BCUT2D eigenvalue weighted by molar-refractivity contribution is -0.132. The molecule has 0 bridgehead atoms. The molecule has 0 spiro atoms. The van der Waals surface area contributed by atoms with E-state index in [-0.39, 0.29) is 12.5 Å². The minimum Gasteiger partial charge on any atom is -0.408 e. The van der Waals surface area contributed by atoms with Crippen molar-refractivity contribution >= 4 is 34.5 Å². The van der Waals surface area contributed by atoms with Gasteiger partial charge in [-0.2, -0.15) is 0 Å². The molecule has 4 heterocycles. The lowest BCUT2D eigenvalue weighted by Crippen LogP contribution is -2.50. The van der Waals surface area contributed by atoms with Crippen molar-refractivity contribution in [2.24, 2.45) is 0 Å². The zero-order valence-corrected chi connectivity index (χ0v) is 18.1. The first-order chi connectivity index (χ1) is 16.1. The topological polar surface area (TPSA) is 109 Å². The highest BCUT2D eigenvalue weighted by atomic mass is 16.4. The van der Waals surface area contributed by atoms with Crippen molar-refractivity contribution in [2.75, 3.05) is 36.4 Å². The van der Waals surface area contributed by atoms with Crippen molar-refractivity contribution in [1.29, 1.82) is 0 Å². The number of benzene rings is 1. The van der Waals surface area contributed by atoms with Crippen LogP contribution in [0, 0.1) is 6.92 Å². The van der Waals surface area contributed by atoms with Crippen LogP contribution in [0.1, 0.15) is 5.82 Å². The van der Waals surface area contributed by atoms with Crippen LogP contribution in [-0.4, -0.2) is 56.5 Å². The molecule has 0 radical (unpaired) electrons. The van der Waals surface area contributed by atoms with E-state index in [0.29, 0.717) is 54.7 Å². The lowest BCUT2D eigenvalue weighted by atomic mass is 10.3. The van der Waals surface area contributed by atoms with Crippen LogP contribution >= 0.6 is 0 Å². The summed E-state index contributed by atoms with van der Waals surface area (Å²) in [4.78, 5) is 42.2. The van der Waals surface area contributed by atoms with E-state index in [4.69, 9.17) is 4.42 Å². The first-order valence-corrected chi connectivity index (χ1v) is 10.7. The number of carbonyl (C=O) groups excluding carboxylic acids is 1. The summed E-state index contributed by atoms with van der Waals surface area (Å²) in [6, 6.07) is 14.6. The van der Waals surface area contributed by atoms with Gasteiger partial charge in [0.1, 0.15) is 29.8 Å². The summed E-state index contributed by atoms with van der Waals surface area (Å²) < 4.78 is 6.61. The fourth-order valence-corrected chi connectivity index (χ4v) is 3.93. The van der Waals surface area contributed by atoms with Gasteiger partial charge in [-0.3, -0.25) is 9.36 Å². The number of hydrogen-bond donors (Lipinski definition) is 1. The second-order valence-corrected chi connectivity index (χ2v) is 7.79. The second-order valence-electron chi connectivity index (χ2n) is 7.79. The summed E-state index contributed by atoms with van der Waals surface area (Å²) >= 11 is 0. The van der Waals surface area contributed by atoms with Gasteiger partial charge in [0.2, 0.25) is 5.91 Å². The third-order valence-electron chi connectivity index (χ3n) is 5.57. The van der Waals surface area contributed by atoms with Gasteiger partial charge in [-0.15, -0.1) is 0 Å². The number of amides is 1. The van der Waals surface area contributed by atoms with Crippen molar-refractivity contribution in [1.82, 2.24) is 24.4 Å². The maximum atomic E-state index is 12.9. The fraction of sp³-hybridized carbons (Fsp3) is 0.261. The number of nitrogens with zero attached hydrogens (tertiary/aromatic N) is 6. The number of oxazole rings is 1. The maximum Gasteiger partial charge on any atom is 0.420 e. The predicted molar refractivity (Wildman–Crippen MR) is 124 cm³/mol. The lowest BCUT2D eigenvalue weighted by Gasteiger charge is -2.35. The zero-order chi connectivity index (χ0) is 22.8. The number of aromatic nitrogens is 4. The van der Waals surface area contributed by atoms with Crippen molar-refractivity contribution in [3.8, 4) is 0 Å². The summed E-state index contributed by atoms with van der Waals surface area (Å²) in [6.07, 6.45) is 1.72. The number of hydrogen-bond acceptors (Lipinski definition) is 8. The number of nitrogens with one attached hydrogen (secondary N) is 1. The van der Waals surface area contributed by atoms with E-state index in [1.54, 1.807) is 29.3 Å². The third kappa shape index (κ3) is 4.40. The molecule has 1 fully saturated rings. The molecular weight excluding hydrogens is 422 g/mol. The number of carbonyl (C=O) groups is 1. The Morgan fingerprint density at radius 2 is 1.82 bits per heavy atom. The smallest absolute Gasteiger partial charge is 0.408 e. The number of aryl methyl sites for hydroxylation is 1. The average molecular weight is 445 g/mol. The molecule has 1 N–H and O–H groups in total. The van der Waals surface area contributed by atoms with Crippen LogP contribution in [-0.2, 0) is 11.3 Å². The van der Waals surface area contributed by atoms with E-state index in [0.717, 1.165) is 5.82 Å². The molecule has 0 unspecified atom stereocenters. The molecule has 0 saturated carbocycles. The molecule has 5 rings (SSSR count). The number of rotatable bonds is 5. The summed E-state index contributed by atoms with van der Waals surface area (Å²) in [5.41, 5.74) is 1.10. The van der Waals surface area contributed by atoms with Crippen LogP contribution in [0.5, 0.6) is 0 Å². The Bertz CT molecular complexity index is 1340. The summed E-state index contributed by atoms with van der Waals surface area (Å²) in [7, 11) is 0. The molecule has 0 aliphatic carbocycles. The Morgan fingerprint density at radius 1 is 1.03 bits per heavy atom. The van der Waals surface area contributed by atoms with Crippen molar-refractivity contribution in [2.45, 2.75) is 13.5 Å². The van der Waals surface area contributed by atoms with Crippen LogP contribution in [0.15, 0.2) is 63.9 Å². The average Bonchev–Trinajstić information content (AvgIpc) is 3.14. The normalized spacial score (nSPS) is 14.0. The van der Waals surface area contributed by atoms with Crippen molar-refractivity contribution in [3.63, 3.8) is 0 Å². The van der Waals surface area contributed by atoms with Crippen LogP contribution in [0.4, 0.5) is 17.5 Å². The van der Waals surface area contributed by atoms with Crippen LogP contribution < -0.4 is 16.0 Å². The molecule has 1 saturated heterocycles. The number of fused-ring (bicyclic) bond motifs is 1. The zero-order valence-electron chi connectivity index (χ0n) is 18.1. The van der Waals surface area contributed by atoms with Crippen molar-refractivity contribution in [3.05, 3.63) is 71.1 Å². The minimum atomic E-state index is -0.521. The monoisotopic (exact) mass is 445 g/mol. The Morgan fingerprint density at radius 3 is 2.61 bits per heavy atom. The number of pyridine rings is 1. The van der Waals surface area contributed by atoms with E-state index in [9.17, 15) is 9.59 Å². The second kappa shape index (κ2) is 8.73. The van der Waals surface area contributed by atoms with Gasteiger partial charge in [0, 0.05) is 38.4 Å². The van der Waals surface area contributed by atoms with E-state index < -0.39 is 5.76 Å². The van der Waals surface area contributed by atoms with Gasteiger partial charge in [0.05, 0.1) is 5.52 Å². The summed E-state index contributed by atoms with van der Waals surface area (Å²) in [5, 5.41) is 3.20. The third-order valence-corrected chi connectivity index (χ3v) is 5.57. The SMILES string of the molecule is Cc1nc(Nc2ccccn2)cc(N2CCN(C(=O)Cn3c(=O)oc4ccccc43)CC2)n1. The molecule has 10 nitrogen and oxygen atoms in total. The highest BCUT2D eigenvalue weighted by Gasteiger charge is 2.24. The quantitative estimate of drug-likeness (QED) is 0.498. The fourth-order valence-electron chi connectivity index (χ4n) is 3.93. The first kappa shape index (κ1) is 20.7. The van der Waals surface area contributed by atoms with Gasteiger partial charge in [0.25, 0.3) is 0 Å². The molecule has 3 aromatic heterocycles. The molecule has 1 aromatic carbocycles. The number of para-hydroxylation sites is 2. The van der Waals surface area contributed by atoms with Gasteiger partial charge in [-0.05, 0) is 31.2 Å². The van der Waals surface area contributed by atoms with E-state index in [1.807, 2.05) is 37.3 Å². The largest absolute Gasteiger partial charge is 0.420 e. The first-order valence-electron chi connectivity index (χ1n) is 10.7. The Kier molecular flexibility index (Phi) is 5.47. The molecule has 1 amide bonds. The van der Waals surface area contributed by atoms with Gasteiger partial charge in [-0.1, -0.05) is 18.2 Å². The Balaban J connectivity index is 1.25. The van der Waals surface area contributed by atoms with Crippen LogP contribution in [0.3, 0.4) is 0 Å². The van der Waals surface area contributed by atoms with Crippen molar-refractivity contribution < 1.29 is 9.21 Å². The van der Waals surface area contributed by atoms with Crippen LogP contribution in [0.2, 0.25) is 0 Å². The standard InChI is InChI=1S/C23H23N7O3/c1-16-25-20(27-19-8-4-5-9-24-19)14-21(26-16)28-10-12-29(13-11-28)22(31)15-30-17-6-2-3-7-18(17)33-23(30)32/h2-9,14H,10-13,15H2,1H3,(H,24,25,26,27).